The largest absolute Gasteiger partial charge is 0.497 e. The predicted molar refractivity (Wildman–Crippen MR) is 115 cm³/mol. The van der Waals surface area contributed by atoms with E-state index >= 15 is 0 Å². The Kier molecular flexibility index (Phi) is 5.11. The summed E-state index contributed by atoms with van der Waals surface area (Å²) < 4.78 is 10.6. The minimum absolute atomic E-state index is 0.287. The molecule has 0 bridgehead atoms. The van der Waals surface area contributed by atoms with Crippen LogP contribution in [-0.4, -0.2) is 27.4 Å². The minimum atomic E-state index is 0.287. The first-order valence-corrected chi connectivity index (χ1v) is 9.54. The second-order valence-corrected chi connectivity index (χ2v) is 7.16. The molecule has 144 valence electrons. The van der Waals surface area contributed by atoms with Crippen molar-refractivity contribution >= 4 is 11.4 Å². The molecule has 0 saturated carbocycles. The van der Waals surface area contributed by atoms with Crippen LogP contribution in [0.2, 0.25) is 0 Å². The summed E-state index contributed by atoms with van der Waals surface area (Å²) in [7, 11) is 3.40. The van der Waals surface area contributed by atoms with Gasteiger partial charge in [-0.05, 0) is 61.0 Å². The van der Waals surface area contributed by atoms with E-state index in [0.29, 0.717) is 0 Å². The topological polar surface area (TPSA) is 24.9 Å². The van der Waals surface area contributed by atoms with Gasteiger partial charge in [-0.2, -0.15) is 0 Å². The van der Waals surface area contributed by atoms with Crippen molar-refractivity contribution in [3.05, 3.63) is 83.9 Å². The van der Waals surface area contributed by atoms with Gasteiger partial charge >= 0.3 is 0 Å². The van der Waals surface area contributed by atoms with Crippen molar-refractivity contribution < 1.29 is 9.47 Å². The van der Waals surface area contributed by atoms with Crippen molar-refractivity contribution in [3.63, 3.8) is 0 Å². The molecule has 0 aromatic heterocycles. The smallest absolute Gasteiger partial charge is 0.119 e. The molecule has 4 nitrogen and oxygen atoms in total. The SMILES string of the molecule is COc1ccc(N2CC(c3cccc(C)c3)N(c3ccc(OC)cc3)C2)cc1. The van der Waals surface area contributed by atoms with E-state index in [9.17, 15) is 0 Å². The lowest BCUT2D eigenvalue weighted by Gasteiger charge is -2.26. The van der Waals surface area contributed by atoms with Gasteiger partial charge in [-0.15, -0.1) is 0 Å². The lowest BCUT2D eigenvalue weighted by atomic mass is 10.0. The van der Waals surface area contributed by atoms with E-state index in [2.05, 4.69) is 65.3 Å². The Balaban J connectivity index is 1.67. The molecule has 0 aliphatic carbocycles. The first-order chi connectivity index (χ1) is 13.7. The number of hydrogen-bond donors (Lipinski definition) is 0. The fourth-order valence-electron chi connectivity index (χ4n) is 3.83. The number of benzene rings is 3. The summed E-state index contributed by atoms with van der Waals surface area (Å²) in [6, 6.07) is 25.7. The summed E-state index contributed by atoms with van der Waals surface area (Å²) in [5.41, 5.74) is 5.03. The third-order valence-electron chi connectivity index (χ3n) is 5.36. The van der Waals surface area contributed by atoms with Crippen molar-refractivity contribution in [3.8, 4) is 11.5 Å². The van der Waals surface area contributed by atoms with Crippen molar-refractivity contribution in [2.75, 3.05) is 37.2 Å². The molecule has 0 N–H and O–H groups in total. The van der Waals surface area contributed by atoms with Gasteiger partial charge in [0.2, 0.25) is 0 Å². The highest BCUT2D eigenvalue weighted by atomic mass is 16.5. The summed E-state index contributed by atoms with van der Waals surface area (Å²) in [6.07, 6.45) is 0. The maximum atomic E-state index is 5.33. The van der Waals surface area contributed by atoms with Crippen LogP contribution in [-0.2, 0) is 0 Å². The third-order valence-corrected chi connectivity index (χ3v) is 5.36. The lowest BCUT2D eigenvalue weighted by Crippen LogP contribution is -2.26. The molecule has 1 heterocycles. The number of anilines is 2. The Morgan fingerprint density at radius 3 is 1.96 bits per heavy atom. The highest BCUT2D eigenvalue weighted by Crippen LogP contribution is 2.36. The molecule has 0 amide bonds. The molecular formula is C24H26N2O2. The van der Waals surface area contributed by atoms with Crippen molar-refractivity contribution in [1.29, 1.82) is 0 Å². The zero-order valence-corrected chi connectivity index (χ0v) is 16.6. The summed E-state index contributed by atoms with van der Waals surface area (Å²) in [5, 5.41) is 0. The fraction of sp³-hybridized carbons (Fsp3) is 0.250. The summed E-state index contributed by atoms with van der Waals surface area (Å²) in [5.74, 6) is 1.76. The second-order valence-electron chi connectivity index (χ2n) is 7.16. The molecule has 0 radical (unpaired) electrons. The fourth-order valence-corrected chi connectivity index (χ4v) is 3.83. The van der Waals surface area contributed by atoms with Gasteiger partial charge in [-0.3, -0.25) is 0 Å². The molecule has 1 unspecified atom stereocenters. The van der Waals surface area contributed by atoms with E-state index < -0.39 is 0 Å². The zero-order valence-electron chi connectivity index (χ0n) is 16.6. The molecule has 1 atom stereocenters. The van der Waals surface area contributed by atoms with Gasteiger partial charge in [-0.1, -0.05) is 29.8 Å². The highest BCUT2D eigenvalue weighted by molar-refractivity contribution is 5.59. The summed E-state index contributed by atoms with van der Waals surface area (Å²) in [4.78, 5) is 4.87. The molecule has 3 aromatic rings. The molecule has 1 aliphatic heterocycles. The van der Waals surface area contributed by atoms with Crippen LogP contribution in [0.1, 0.15) is 17.2 Å². The van der Waals surface area contributed by atoms with Crippen molar-refractivity contribution in [2.24, 2.45) is 0 Å². The van der Waals surface area contributed by atoms with Crippen LogP contribution in [0.4, 0.5) is 11.4 Å². The van der Waals surface area contributed by atoms with E-state index in [1.165, 1.54) is 22.5 Å². The monoisotopic (exact) mass is 374 g/mol. The molecule has 1 fully saturated rings. The van der Waals surface area contributed by atoms with Crippen LogP contribution in [0.5, 0.6) is 11.5 Å². The Morgan fingerprint density at radius 2 is 1.39 bits per heavy atom. The Morgan fingerprint density at radius 1 is 0.786 bits per heavy atom. The average Bonchev–Trinajstić information content (AvgIpc) is 3.19. The van der Waals surface area contributed by atoms with E-state index in [1.807, 2.05) is 24.3 Å². The molecule has 1 saturated heterocycles. The van der Waals surface area contributed by atoms with Crippen LogP contribution in [0.25, 0.3) is 0 Å². The van der Waals surface area contributed by atoms with Gasteiger partial charge in [-0.25, -0.2) is 0 Å². The Bertz CT molecular complexity index is 922. The number of rotatable bonds is 5. The molecular weight excluding hydrogens is 348 g/mol. The van der Waals surface area contributed by atoms with E-state index in [0.717, 1.165) is 24.7 Å². The van der Waals surface area contributed by atoms with Gasteiger partial charge < -0.3 is 19.3 Å². The summed E-state index contributed by atoms with van der Waals surface area (Å²) in [6.45, 7) is 3.91. The second kappa shape index (κ2) is 7.85. The van der Waals surface area contributed by atoms with Gasteiger partial charge in [0.1, 0.15) is 11.5 Å². The van der Waals surface area contributed by atoms with Gasteiger partial charge in [0.05, 0.1) is 26.9 Å². The maximum absolute atomic E-state index is 5.33. The van der Waals surface area contributed by atoms with Gasteiger partial charge in [0.25, 0.3) is 0 Å². The molecule has 4 heteroatoms. The van der Waals surface area contributed by atoms with E-state index in [1.54, 1.807) is 14.2 Å². The zero-order chi connectivity index (χ0) is 19.5. The first kappa shape index (κ1) is 18.2. The summed E-state index contributed by atoms with van der Waals surface area (Å²) >= 11 is 0. The van der Waals surface area contributed by atoms with Gasteiger partial charge in [0, 0.05) is 17.9 Å². The highest BCUT2D eigenvalue weighted by Gasteiger charge is 2.32. The van der Waals surface area contributed by atoms with E-state index in [4.69, 9.17) is 9.47 Å². The van der Waals surface area contributed by atoms with E-state index in [-0.39, 0.29) is 6.04 Å². The van der Waals surface area contributed by atoms with Gasteiger partial charge in [0.15, 0.2) is 0 Å². The minimum Gasteiger partial charge on any atom is -0.497 e. The van der Waals surface area contributed by atoms with Crippen LogP contribution < -0.4 is 19.3 Å². The molecule has 3 aromatic carbocycles. The standard InChI is InChI=1S/C24H26N2O2/c1-18-5-4-6-19(15-18)24-16-25(20-7-11-22(27-2)12-8-20)17-26(24)21-9-13-23(28-3)14-10-21/h4-15,24H,16-17H2,1-3H3. The van der Waals surface area contributed by atoms with Crippen molar-refractivity contribution in [2.45, 2.75) is 13.0 Å². The number of methoxy groups -OCH3 is 2. The Labute approximate surface area is 166 Å². The van der Waals surface area contributed by atoms with Crippen LogP contribution in [0, 0.1) is 6.92 Å². The molecule has 28 heavy (non-hydrogen) atoms. The van der Waals surface area contributed by atoms with Crippen LogP contribution in [0.3, 0.4) is 0 Å². The predicted octanol–water partition coefficient (Wildman–Crippen LogP) is 5.04. The number of aryl methyl sites for hydroxylation is 1. The van der Waals surface area contributed by atoms with Crippen LogP contribution in [0.15, 0.2) is 72.8 Å². The van der Waals surface area contributed by atoms with Crippen LogP contribution >= 0.6 is 0 Å². The first-order valence-electron chi connectivity index (χ1n) is 9.54. The Hall–Kier alpha value is -3.14. The lowest BCUT2D eigenvalue weighted by molar-refractivity contribution is 0.414. The maximum Gasteiger partial charge on any atom is 0.119 e. The number of hydrogen-bond acceptors (Lipinski definition) is 4. The normalized spacial score (nSPS) is 16.3. The molecule has 0 spiro atoms. The quantitative estimate of drug-likeness (QED) is 0.625. The molecule has 1 aliphatic rings. The average molecular weight is 374 g/mol. The molecule has 4 rings (SSSR count). The number of ether oxygens (including phenoxy) is 2. The third kappa shape index (κ3) is 3.63. The number of nitrogens with zero attached hydrogens (tertiary/aromatic N) is 2. The van der Waals surface area contributed by atoms with Crippen molar-refractivity contribution in [1.82, 2.24) is 0 Å².